The molecule has 3 rings (SSSR count). The van der Waals surface area contributed by atoms with Crippen LogP contribution in [0.5, 0.6) is 0 Å². The van der Waals surface area contributed by atoms with Crippen LogP contribution in [0.15, 0.2) is 12.4 Å². The summed E-state index contributed by atoms with van der Waals surface area (Å²) >= 11 is 0. The second-order valence-corrected chi connectivity index (χ2v) is 6.84. The van der Waals surface area contributed by atoms with Gasteiger partial charge in [0.15, 0.2) is 0 Å². The summed E-state index contributed by atoms with van der Waals surface area (Å²) in [4.78, 5) is 0. The van der Waals surface area contributed by atoms with Gasteiger partial charge in [-0.25, -0.2) is 0 Å². The highest BCUT2D eigenvalue weighted by molar-refractivity contribution is 5.09. The predicted molar refractivity (Wildman–Crippen MR) is 84.2 cm³/mol. The first-order valence-electron chi connectivity index (χ1n) is 8.64. The van der Waals surface area contributed by atoms with E-state index >= 15 is 0 Å². The summed E-state index contributed by atoms with van der Waals surface area (Å²) in [6.45, 7) is 6.36. The van der Waals surface area contributed by atoms with Crippen LogP contribution in [0.25, 0.3) is 0 Å². The van der Waals surface area contributed by atoms with E-state index in [0.29, 0.717) is 12.1 Å². The zero-order valence-electron chi connectivity index (χ0n) is 13.5. The molecule has 0 bridgehead atoms. The molecule has 2 heterocycles. The molecule has 1 aromatic heterocycles. The van der Waals surface area contributed by atoms with Crippen LogP contribution in [0.1, 0.15) is 70.4 Å². The van der Waals surface area contributed by atoms with Gasteiger partial charge in [0.25, 0.3) is 0 Å². The molecule has 2 atom stereocenters. The minimum Gasteiger partial charge on any atom is -0.370 e. The summed E-state index contributed by atoms with van der Waals surface area (Å²) in [5.74, 6) is 0. The third-order valence-electron chi connectivity index (χ3n) is 5.10. The van der Waals surface area contributed by atoms with Crippen molar-refractivity contribution in [3.63, 3.8) is 0 Å². The minimum atomic E-state index is 0.233. The molecule has 1 aliphatic heterocycles. The Hall–Kier alpha value is -0.870. The maximum atomic E-state index is 6.37. The van der Waals surface area contributed by atoms with Crippen LogP contribution in [0.3, 0.4) is 0 Å². The quantitative estimate of drug-likeness (QED) is 0.872. The van der Waals surface area contributed by atoms with Crippen LogP contribution < -0.4 is 5.32 Å². The Morgan fingerprint density at radius 3 is 3.00 bits per heavy atom. The maximum absolute atomic E-state index is 6.37. The van der Waals surface area contributed by atoms with Crippen molar-refractivity contribution in [2.45, 2.75) is 83.1 Å². The van der Waals surface area contributed by atoms with Gasteiger partial charge in [-0.05, 0) is 45.6 Å². The molecular weight excluding hydrogens is 262 g/mol. The largest absolute Gasteiger partial charge is 0.370 e. The molecule has 2 aliphatic rings. The second kappa shape index (κ2) is 6.49. The fraction of sp³-hybridized carbons (Fsp3) is 0.824. The van der Waals surface area contributed by atoms with Crippen LogP contribution >= 0.6 is 0 Å². The summed E-state index contributed by atoms with van der Waals surface area (Å²) < 4.78 is 8.44. The van der Waals surface area contributed by atoms with E-state index in [1.807, 2.05) is 6.20 Å². The summed E-state index contributed by atoms with van der Waals surface area (Å²) in [6.07, 6.45) is 13.4. The van der Waals surface area contributed by atoms with Crippen molar-refractivity contribution in [1.29, 1.82) is 0 Å². The van der Waals surface area contributed by atoms with E-state index < -0.39 is 0 Å². The Bertz CT molecular complexity index is 451. The van der Waals surface area contributed by atoms with Gasteiger partial charge in [-0.2, -0.15) is 5.10 Å². The summed E-state index contributed by atoms with van der Waals surface area (Å²) in [5, 5.41) is 8.03. The zero-order chi connectivity index (χ0) is 14.7. The maximum Gasteiger partial charge on any atom is 0.0779 e. The minimum absolute atomic E-state index is 0.233. The molecule has 1 spiro atoms. The van der Waals surface area contributed by atoms with Crippen LogP contribution in [0, 0.1) is 0 Å². The van der Waals surface area contributed by atoms with Crippen molar-refractivity contribution in [2.75, 3.05) is 6.54 Å². The fourth-order valence-corrected chi connectivity index (χ4v) is 3.80. The van der Waals surface area contributed by atoms with E-state index in [0.717, 1.165) is 19.5 Å². The summed E-state index contributed by atoms with van der Waals surface area (Å²) in [7, 11) is 0. The third-order valence-corrected chi connectivity index (χ3v) is 5.10. The number of nitrogens with zero attached hydrogens (tertiary/aromatic N) is 2. The van der Waals surface area contributed by atoms with Crippen LogP contribution in [-0.2, 0) is 11.3 Å². The molecule has 0 aromatic carbocycles. The Morgan fingerprint density at radius 2 is 2.24 bits per heavy atom. The van der Waals surface area contributed by atoms with Crippen molar-refractivity contribution in [2.24, 2.45) is 0 Å². The highest BCUT2D eigenvalue weighted by Crippen LogP contribution is 2.43. The zero-order valence-corrected chi connectivity index (χ0v) is 13.5. The molecule has 4 nitrogen and oxygen atoms in total. The van der Waals surface area contributed by atoms with Gasteiger partial charge in [0.05, 0.1) is 24.4 Å². The highest BCUT2D eigenvalue weighted by Gasteiger charge is 2.42. The van der Waals surface area contributed by atoms with Gasteiger partial charge in [0, 0.05) is 17.8 Å². The standard InChI is InChI=1S/C17H29N3O/c1-3-10-18-14(2)15-11-19-20(12-15)13-16-6-9-17(21-16)7-4-5-8-17/h11-12,14,16,18H,3-10,13H2,1-2H3. The average Bonchev–Trinajstić information content (AvgIpc) is 3.20. The molecule has 2 fully saturated rings. The topological polar surface area (TPSA) is 39.1 Å². The van der Waals surface area contributed by atoms with Crippen molar-refractivity contribution >= 4 is 0 Å². The Balaban J connectivity index is 1.53. The molecule has 21 heavy (non-hydrogen) atoms. The normalized spacial score (nSPS) is 25.7. The van der Waals surface area contributed by atoms with Gasteiger partial charge in [-0.15, -0.1) is 0 Å². The molecular formula is C17H29N3O. The average molecular weight is 291 g/mol. The van der Waals surface area contributed by atoms with Crippen molar-refractivity contribution < 1.29 is 4.74 Å². The lowest BCUT2D eigenvalue weighted by Gasteiger charge is -2.23. The first-order valence-corrected chi connectivity index (χ1v) is 8.64. The fourth-order valence-electron chi connectivity index (χ4n) is 3.80. The van der Waals surface area contributed by atoms with Gasteiger partial charge in [-0.3, -0.25) is 4.68 Å². The Kier molecular flexibility index (Phi) is 4.65. The third kappa shape index (κ3) is 3.49. The monoisotopic (exact) mass is 291 g/mol. The predicted octanol–water partition coefficient (Wildman–Crippen LogP) is 3.44. The number of rotatable bonds is 6. The van der Waals surface area contributed by atoms with E-state index in [9.17, 15) is 0 Å². The summed E-state index contributed by atoms with van der Waals surface area (Å²) in [5.41, 5.74) is 1.51. The lowest BCUT2D eigenvalue weighted by atomic mass is 9.98. The van der Waals surface area contributed by atoms with Gasteiger partial charge in [-0.1, -0.05) is 19.8 Å². The van der Waals surface area contributed by atoms with Gasteiger partial charge in [0.2, 0.25) is 0 Å². The summed E-state index contributed by atoms with van der Waals surface area (Å²) in [6, 6.07) is 0.379. The van der Waals surface area contributed by atoms with Gasteiger partial charge >= 0.3 is 0 Å². The van der Waals surface area contributed by atoms with Crippen LogP contribution in [0.4, 0.5) is 0 Å². The lowest BCUT2D eigenvalue weighted by molar-refractivity contribution is -0.0429. The molecule has 1 saturated carbocycles. The van der Waals surface area contributed by atoms with Crippen LogP contribution in [0.2, 0.25) is 0 Å². The number of hydrogen-bond acceptors (Lipinski definition) is 3. The Morgan fingerprint density at radius 1 is 1.43 bits per heavy atom. The first kappa shape index (κ1) is 15.0. The molecule has 4 heteroatoms. The molecule has 1 N–H and O–H groups in total. The molecule has 2 unspecified atom stereocenters. The van der Waals surface area contributed by atoms with Crippen molar-refractivity contribution in [3.8, 4) is 0 Å². The number of ether oxygens (including phenoxy) is 1. The molecule has 1 aromatic rings. The van der Waals surface area contributed by atoms with Crippen molar-refractivity contribution in [1.82, 2.24) is 15.1 Å². The number of aromatic nitrogens is 2. The highest BCUT2D eigenvalue weighted by atomic mass is 16.5. The molecule has 1 aliphatic carbocycles. The van der Waals surface area contributed by atoms with Gasteiger partial charge in [0.1, 0.15) is 0 Å². The number of nitrogens with one attached hydrogen (secondary N) is 1. The molecule has 118 valence electrons. The first-order chi connectivity index (χ1) is 10.2. The smallest absolute Gasteiger partial charge is 0.0779 e. The van der Waals surface area contributed by atoms with Crippen LogP contribution in [-0.4, -0.2) is 28.0 Å². The van der Waals surface area contributed by atoms with E-state index in [1.54, 1.807) is 0 Å². The second-order valence-electron chi connectivity index (χ2n) is 6.84. The lowest BCUT2D eigenvalue weighted by Crippen LogP contribution is -2.26. The SMILES string of the molecule is CCCNC(C)c1cnn(CC2CCC3(CCCC3)O2)c1. The number of hydrogen-bond donors (Lipinski definition) is 1. The molecule has 0 amide bonds. The van der Waals surface area contributed by atoms with Crippen molar-refractivity contribution in [3.05, 3.63) is 18.0 Å². The van der Waals surface area contributed by atoms with E-state index in [1.165, 1.54) is 44.1 Å². The van der Waals surface area contributed by atoms with Gasteiger partial charge < -0.3 is 10.1 Å². The van der Waals surface area contributed by atoms with E-state index in [2.05, 4.69) is 35.1 Å². The Labute approximate surface area is 128 Å². The molecule has 0 radical (unpaired) electrons. The van der Waals surface area contributed by atoms with E-state index in [-0.39, 0.29) is 5.60 Å². The molecule has 1 saturated heterocycles. The van der Waals surface area contributed by atoms with E-state index in [4.69, 9.17) is 4.74 Å².